The number of rotatable bonds is 4. The second-order valence-electron chi connectivity index (χ2n) is 14.9. The summed E-state index contributed by atoms with van der Waals surface area (Å²) in [4.78, 5) is 2.41. The van der Waals surface area contributed by atoms with Crippen LogP contribution in [0.4, 0.5) is 17.1 Å². The molecule has 0 amide bonds. The standard InChI is InChI=1S/C51H36N2/c1-51(2)47-22-12-10-20-42(47)46-31-35(26-29-48(46)51)53-49-23-13-11-21-43(49)44-28-25-36(32-50(44)53)52(33-14-4-3-5-15-33)34-24-27-41-39-18-7-6-16-37(39)38-17-8-9-19-40(38)45(41)30-34/h3-32H,1-2H3. The Kier molecular flexibility index (Phi) is 6.33. The molecule has 0 saturated carbocycles. The van der Waals surface area contributed by atoms with Crippen LogP contribution in [0.3, 0.4) is 0 Å². The fraction of sp³-hybridized carbons (Fsp3) is 0.0588. The molecular weight excluding hydrogens is 641 g/mol. The van der Waals surface area contributed by atoms with Crippen molar-refractivity contribution in [1.29, 1.82) is 0 Å². The van der Waals surface area contributed by atoms with E-state index in [2.05, 4.69) is 205 Å². The quantitative estimate of drug-likeness (QED) is 0.168. The molecule has 1 heterocycles. The Morgan fingerprint density at radius 3 is 1.62 bits per heavy atom. The first-order valence-corrected chi connectivity index (χ1v) is 18.5. The average Bonchev–Trinajstić information content (AvgIpc) is 3.66. The van der Waals surface area contributed by atoms with Crippen LogP contribution in [0, 0.1) is 0 Å². The van der Waals surface area contributed by atoms with Gasteiger partial charge < -0.3 is 9.47 Å². The summed E-state index contributed by atoms with van der Waals surface area (Å²) in [5, 5.41) is 10.2. The van der Waals surface area contributed by atoms with Crippen LogP contribution in [-0.4, -0.2) is 4.57 Å². The minimum absolute atomic E-state index is 0.0356. The van der Waals surface area contributed by atoms with Crippen molar-refractivity contribution < 1.29 is 0 Å². The first-order chi connectivity index (χ1) is 26.1. The van der Waals surface area contributed by atoms with Crippen LogP contribution in [0.15, 0.2) is 182 Å². The highest BCUT2D eigenvalue weighted by Gasteiger charge is 2.35. The molecule has 9 aromatic carbocycles. The summed E-state index contributed by atoms with van der Waals surface area (Å²) in [5.74, 6) is 0. The lowest BCUT2D eigenvalue weighted by Crippen LogP contribution is -2.14. The van der Waals surface area contributed by atoms with E-state index in [1.807, 2.05) is 0 Å². The molecule has 53 heavy (non-hydrogen) atoms. The largest absolute Gasteiger partial charge is 0.310 e. The molecule has 0 atom stereocenters. The molecule has 0 N–H and O–H groups in total. The molecule has 250 valence electrons. The Balaban J connectivity index is 1.16. The first kappa shape index (κ1) is 30.0. The third-order valence-electron chi connectivity index (χ3n) is 11.7. The van der Waals surface area contributed by atoms with Crippen molar-refractivity contribution in [3.8, 4) is 16.8 Å². The molecule has 0 radical (unpaired) electrons. The highest BCUT2D eigenvalue weighted by Crippen LogP contribution is 2.50. The van der Waals surface area contributed by atoms with E-state index in [1.54, 1.807) is 0 Å². The SMILES string of the molecule is CC1(C)c2ccccc2-c2cc(-n3c4ccccc4c4ccc(N(c5ccccc5)c5ccc6c7ccccc7c7ccccc7c6c5)cc43)ccc21. The van der Waals surface area contributed by atoms with Gasteiger partial charge in [0, 0.05) is 38.9 Å². The number of nitrogens with zero attached hydrogens (tertiary/aromatic N) is 2. The molecule has 11 rings (SSSR count). The lowest BCUT2D eigenvalue weighted by atomic mass is 9.82. The maximum Gasteiger partial charge on any atom is 0.0561 e. The number of aromatic nitrogens is 1. The van der Waals surface area contributed by atoms with E-state index in [1.165, 1.54) is 82.1 Å². The smallest absolute Gasteiger partial charge is 0.0561 e. The number of fused-ring (bicyclic) bond motifs is 12. The molecule has 2 nitrogen and oxygen atoms in total. The number of hydrogen-bond donors (Lipinski definition) is 0. The minimum atomic E-state index is -0.0356. The third-order valence-corrected chi connectivity index (χ3v) is 11.7. The molecule has 0 bridgehead atoms. The lowest BCUT2D eigenvalue weighted by molar-refractivity contribution is 0.660. The van der Waals surface area contributed by atoms with Crippen LogP contribution in [0.5, 0.6) is 0 Å². The van der Waals surface area contributed by atoms with Crippen LogP contribution in [0.2, 0.25) is 0 Å². The Hall–Kier alpha value is -6.64. The molecule has 0 spiro atoms. The molecule has 1 aliphatic carbocycles. The Labute approximate surface area is 308 Å². The molecule has 1 aliphatic rings. The van der Waals surface area contributed by atoms with Crippen LogP contribution in [0.25, 0.3) is 70.9 Å². The molecule has 0 unspecified atom stereocenters. The van der Waals surface area contributed by atoms with Gasteiger partial charge >= 0.3 is 0 Å². The van der Waals surface area contributed by atoms with Crippen molar-refractivity contribution in [2.24, 2.45) is 0 Å². The second-order valence-corrected chi connectivity index (χ2v) is 14.9. The zero-order valence-corrected chi connectivity index (χ0v) is 29.7. The van der Waals surface area contributed by atoms with Crippen molar-refractivity contribution in [1.82, 2.24) is 4.57 Å². The van der Waals surface area contributed by atoms with Crippen LogP contribution in [-0.2, 0) is 5.41 Å². The molecule has 2 heteroatoms. The number of anilines is 3. The summed E-state index contributed by atoms with van der Waals surface area (Å²) in [5.41, 5.74) is 12.3. The number of hydrogen-bond acceptors (Lipinski definition) is 1. The van der Waals surface area contributed by atoms with Gasteiger partial charge in [-0.05, 0) is 109 Å². The monoisotopic (exact) mass is 676 g/mol. The Morgan fingerprint density at radius 1 is 0.358 bits per heavy atom. The van der Waals surface area contributed by atoms with E-state index in [9.17, 15) is 0 Å². The van der Waals surface area contributed by atoms with Gasteiger partial charge in [0.05, 0.1) is 11.0 Å². The van der Waals surface area contributed by atoms with Gasteiger partial charge in [0.25, 0.3) is 0 Å². The zero-order valence-electron chi connectivity index (χ0n) is 29.7. The van der Waals surface area contributed by atoms with Gasteiger partial charge in [-0.1, -0.05) is 141 Å². The zero-order chi connectivity index (χ0) is 35.3. The topological polar surface area (TPSA) is 8.17 Å². The molecule has 1 aromatic heterocycles. The Bertz CT molecular complexity index is 3060. The van der Waals surface area contributed by atoms with Gasteiger partial charge in [-0.15, -0.1) is 0 Å². The number of benzene rings is 9. The fourth-order valence-electron chi connectivity index (χ4n) is 9.28. The van der Waals surface area contributed by atoms with E-state index >= 15 is 0 Å². The van der Waals surface area contributed by atoms with Crippen molar-refractivity contribution in [2.75, 3.05) is 4.90 Å². The normalized spacial score (nSPS) is 13.2. The summed E-state index contributed by atoms with van der Waals surface area (Å²) in [6.45, 7) is 4.70. The van der Waals surface area contributed by atoms with Gasteiger partial charge in [0.15, 0.2) is 0 Å². The predicted octanol–water partition coefficient (Wildman–Crippen LogP) is 14.0. The van der Waals surface area contributed by atoms with Crippen LogP contribution >= 0.6 is 0 Å². The van der Waals surface area contributed by atoms with E-state index in [-0.39, 0.29) is 5.41 Å². The molecule has 0 fully saturated rings. The summed E-state index contributed by atoms with van der Waals surface area (Å²) in [7, 11) is 0. The summed E-state index contributed by atoms with van der Waals surface area (Å²) in [6, 6.07) is 67.2. The maximum atomic E-state index is 2.46. The molecule has 0 aliphatic heterocycles. The Morgan fingerprint density at radius 2 is 0.887 bits per heavy atom. The van der Waals surface area contributed by atoms with Crippen molar-refractivity contribution in [3.05, 3.63) is 193 Å². The second kappa shape index (κ2) is 11.2. The van der Waals surface area contributed by atoms with E-state index < -0.39 is 0 Å². The third kappa shape index (κ3) is 4.33. The summed E-state index contributed by atoms with van der Waals surface area (Å²) in [6.07, 6.45) is 0. The highest BCUT2D eigenvalue weighted by atomic mass is 15.1. The van der Waals surface area contributed by atoms with Gasteiger partial charge in [0.2, 0.25) is 0 Å². The summed E-state index contributed by atoms with van der Waals surface area (Å²) >= 11 is 0. The van der Waals surface area contributed by atoms with Crippen molar-refractivity contribution >= 4 is 71.2 Å². The van der Waals surface area contributed by atoms with Gasteiger partial charge in [-0.25, -0.2) is 0 Å². The fourth-order valence-corrected chi connectivity index (χ4v) is 9.28. The average molecular weight is 677 g/mol. The van der Waals surface area contributed by atoms with E-state index in [0.29, 0.717) is 0 Å². The van der Waals surface area contributed by atoms with Gasteiger partial charge in [-0.2, -0.15) is 0 Å². The molecular formula is C51H36N2. The minimum Gasteiger partial charge on any atom is -0.310 e. The van der Waals surface area contributed by atoms with Gasteiger partial charge in [-0.3, -0.25) is 0 Å². The maximum absolute atomic E-state index is 2.46. The van der Waals surface area contributed by atoms with Crippen molar-refractivity contribution in [3.63, 3.8) is 0 Å². The lowest BCUT2D eigenvalue weighted by Gasteiger charge is -2.26. The van der Waals surface area contributed by atoms with Crippen LogP contribution in [0.1, 0.15) is 25.0 Å². The van der Waals surface area contributed by atoms with Gasteiger partial charge in [0.1, 0.15) is 0 Å². The predicted molar refractivity (Wildman–Crippen MR) is 226 cm³/mol. The molecule has 10 aromatic rings. The van der Waals surface area contributed by atoms with Crippen molar-refractivity contribution in [2.45, 2.75) is 19.3 Å². The summed E-state index contributed by atoms with van der Waals surface area (Å²) < 4.78 is 2.46. The molecule has 0 saturated heterocycles. The first-order valence-electron chi connectivity index (χ1n) is 18.5. The van der Waals surface area contributed by atoms with E-state index in [0.717, 1.165) is 17.1 Å². The van der Waals surface area contributed by atoms with Crippen LogP contribution < -0.4 is 4.90 Å². The number of para-hydroxylation sites is 2. The highest BCUT2D eigenvalue weighted by molar-refractivity contribution is 6.26. The van der Waals surface area contributed by atoms with E-state index in [4.69, 9.17) is 0 Å².